The van der Waals surface area contributed by atoms with Crippen LogP contribution in [0.3, 0.4) is 0 Å². The van der Waals surface area contributed by atoms with E-state index >= 15 is 0 Å². The number of primary amides is 1. The van der Waals surface area contributed by atoms with E-state index in [4.69, 9.17) is 17.3 Å². The van der Waals surface area contributed by atoms with Gasteiger partial charge in [0, 0.05) is 23.0 Å². The van der Waals surface area contributed by atoms with Gasteiger partial charge in [0.1, 0.15) is 5.82 Å². The smallest absolute Gasteiger partial charge is 0.255 e. The van der Waals surface area contributed by atoms with E-state index in [0.717, 1.165) is 0 Å². The predicted molar refractivity (Wildman–Crippen MR) is 114 cm³/mol. The number of aromatic nitrogens is 2. The molecule has 0 aliphatic heterocycles. The molecular weight excluding hydrogens is 433 g/mol. The molecule has 1 aliphatic rings. The summed E-state index contributed by atoms with van der Waals surface area (Å²) in [6.45, 7) is 0. The highest BCUT2D eigenvalue weighted by Gasteiger charge is 2.41. The topological polar surface area (TPSA) is 113 Å². The van der Waals surface area contributed by atoms with Crippen molar-refractivity contribution in [1.29, 1.82) is 5.26 Å². The molecule has 4 rings (SSSR count). The minimum Gasteiger partial charge on any atom is -0.368 e. The Bertz CT molecular complexity index is 1240. The van der Waals surface area contributed by atoms with Gasteiger partial charge < -0.3 is 10.6 Å². The lowest BCUT2D eigenvalue weighted by Gasteiger charge is -2.35. The van der Waals surface area contributed by atoms with E-state index in [1.54, 1.807) is 24.3 Å². The molecule has 2 amide bonds. The molecule has 0 saturated heterocycles. The van der Waals surface area contributed by atoms with Crippen LogP contribution in [0.25, 0.3) is 0 Å². The molecule has 0 bridgehead atoms. The number of carbonyl (C=O) groups excluding carboxylic acids is 2. The number of nitrogens with two attached hydrogens (primary N) is 1. The van der Waals surface area contributed by atoms with E-state index in [9.17, 15) is 19.2 Å². The predicted octanol–water partition coefficient (Wildman–Crippen LogP) is 3.50. The SMILES string of the molecule is N#Cc1cccc(C(=O)N([C@@H]2CCc3c(F)cc(Cl)cc32)[C@@H](C(N)=O)c2cnccn2)c1. The van der Waals surface area contributed by atoms with Crippen molar-refractivity contribution in [2.24, 2.45) is 5.73 Å². The maximum absolute atomic E-state index is 14.6. The molecule has 2 atom stereocenters. The van der Waals surface area contributed by atoms with Crippen molar-refractivity contribution in [3.05, 3.63) is 93.8 Å². The number of carbonyl (C=O) groups is 2. The van der Waals surface area contributed by atoms with Crippen molar-refractivity contribution in [2.75, 3.05) is 0 Å². The van der Waals surface area contributed by atoms with Gasteiger partial charge in [-0.25, -0.2) is 4.39 Å². The summed E-state index contributed by atoms with van der Waals surface area (Å²) < 4.78 is 14.6. The lowest BCUT2D eigenvalue weighted by Crippen LogP contribution is -2.44. The third-order valence-corrected chi connectivity index (χ3v) is 5.66. The van der Waals surface area contributed by atoms with Crippen LogP contribution in [0, 0.1) is 17.1 Å². The summed E-state index contributed by atoms with van der Waals surface area (Å²) in [7, 11) is 0. The van der Waals surface area contributed by atoms with E-state index in [2.05, 4.69) is 9.97 Å². The Kier molecular flexibility index (Phi) is 5.84. The average Bonchev–Trinajstić information content (AvgIpc) is 3.21. The monoisotopic (exact) mass is 449 g/mol. The first kappa shape index (κ1) is 21.4. The van der Waals surface area contributed by atoms with Gasteiger partial charge in [0.15, 0.2) is 6.04 Å². The third kappa shape index (κ3) is 3.90. The minimum absolute atomic E-state index is 0.181. The first-order valence-corrected chi connectivity index (χ1v) is 10.1. The average molecular weight is 450 g/mol. The largest absolute Gasteiger partial charge is 0.368 e. The van der Waals surface area contributed by atoms with Crippen LogP contribution in [0.5, 0.6) is 0 Å². The van der Waals surface area contributed by atoms with Crippen molar-refractivity contribution in [3.8, 4) is 6.07 Å². The zero-order valence-electron chi connectivity index (χ0n) is 16.7. The number of nitrogens with zero attached hydrogens (tertiary/aromatic N) is 4. The van der Waals surface area contributed by atoms with Gasteiger partial charge in [-0.3, -0.25) is 19.6 Å². The first-order valence-electron chi connectivity index (χ1n) is 9.76. The number of fused-ring (bicyclic) bond motifs is 1. The van der Waals surface area contributed by atoms with Crippen LogP contribution in [0.1, 0.15) is 51.2 Å². The Morgan fingerprint density at radius 3 is 2.78 bits per heavy atom. The number of nitriles is 1. The van der Waals surface area contributed by atoms with Crippen LogP contribution in [0.4, 0.5) is 4.39 Å². The van der Waals surface area contributed by atoms with E-state index in [0.29, 0.717) is 24.0 Å². The van der Waals surface area contributed by atoms with Crippen molar-refractivity contribution >= 4 is 23.4 Å². The zero-order valence-corrected chi connectivity index (χ0v) is 17.5. The zero-order chi connectivity index (χ0) is 22.8. The van der Waals surface area contributed by atoms with Gasteiger partial charge in [0.2, 0.25) is 5.91 Å². The van der Waals surface area contributed by atoms with Gasteiger partial charge in [-0.15, -0.1) is 0 Å². The first-order chi connectivity index (χ1) is 15.4. The second-order valence-electron chi connectivity index (χ2n) is 7.35. The van der Waals surface area contributed by atoms with Gasteiger partial charge >= 0.3 is 0 Å². The van der Waals surface area contributed by atoms with Crippen LogP contribution in [0.2, 0.25) is 5.02 Å². The fourth-order valence-electron chi connectivity index (χ4n) is 4.10. The molecule has 9 heteroatoms. The van der Waals surface area contributed by atoms with Crippen molar-refractivity contribution in [1.82, 2.24) is 14.9 Å². The maximum atomic E-state index is 14.6. The Morgan fingerprint density at radius 1 is 1.28 bits per heavy atom. The van der Waals surface area contributed by atoms with Crippen molar-refractivity contribution in [3.63, 3.8) is 0 Å². The molecule has 0 radical (unpaired) electrons. The number of benzene rings is 2. The molecule has 3 aromatic rings. The molecule has 0 saturated carbocycles. The fraction of sp³-hybridized carbons (Fsp3) is 0.174. The second-order valence-corrected chi connectivity index (χ2v) is 7.79. The van der Waals surface area contributed by atoms with Crippen molar-refractivity contribution in [2.45, 2.75) is 24.9 Å². The molecule has 0 fully saturated rings. The maximum Gasteiger partial charge on any atom is 0.255 e. The number of halogens is 2. The van der Waals surface area contributed by atoms with Crippen LogP contribution in [0.15, 0.2) is 55.0 Å². The molecule has 2 N–H and O–H groups in total. The molecule has 0 unspecified atom stereocenters. The van der Waals surface area contributed by atoms with Gasteiger partial charge in [-0.2, -0.15) is 5.26 Å². The highest BCUT2D eigenvalue weighted by atomic mass is 35.5. The summed E-state index contributed by atoms with van der Waals surface area (Å²) in [4.78, 5) is 35.8. The number of hydrogen-bond acceptors (Lipinski definition) is 5. The lowest BCUT2D eigenvalue weighted by atomic mass is 10.00. The Labute approximate surface area is 188 Å². The summed E-state index contributed by atoms with van der Waals surface area (Å²) >= 11 is 6.10. The minimum atomic E-state index is -1.26. The number of hydrogen-bond donors (Lipinski definition) is 1. The van der Waals surface area contributed by atoms with Crippen LogP contribution >= 0.6 is 11.6 Å². The van der Waals surface area contributed by atoms with Crippen LogP contribution in [-0.4, -0.2) is 26.7 Å². The van der Waals surface area contributed by atoms with Gasteiger partial charge in [0.25, 0.3) is 5.91 Å². The summed E-state index contributed by atoms with van der Waals surface area (Å²) in [6, 6.07) is 8.97. The molecule has 32 heavy (non-hydrogen) atoms. The highest BCUT2D eigenvalue weighted by Crippen LogP contribution is 2.42. The van der Waals surface area contributed by atoms with Crippen LogP contribution in [-0.2, 0) is 11.2 Å². The molecule has 1 aromatic heterocycles. The normalized spacial score (nSPS) is 15.5. The van der Waals surface area contributed by atoms with E-state index in [-0.39, 0.29) is 21.8 Å². The molecule has 1 heterocycles. The molecule has 2 aromatic carbocycles. The quantitative estimate of drug-likeness (QED) is 0.640. The van der Waals surface area contributed by atoms with E-state index < -0.39 is 29.7 Å². The van der Waals surface area contributed by atoms with Gasteiger partial charge in [-0.05, 0) is 54.3 Å². The van der Waals surface area contributed by atoms with E-state index in [1.807, 2.05) is 6.07 Å². The van der Waals surface area contributed by atoms with Gasteiger partial charge in [-0.1, -0.05) is 17.7 Å². The summed E-state index contributed by atoms with van der Waals surface area (Å²) in [5.41, 5.74) is 7.34. The molecule has 160 valence electrons. The summed E-state index contributed by atoms with van der Waals surface area (Å²) in [6.07, 6.45) is 4.90. The molecule has 0 spiro atoms. The summed E-state index contributed by atoms with van der Waals surface area (Å²) in [5.74, 6) is -1.83. The third-order valence-electron chi connectivity index (χ3n) is 5.44. The van der Waals surface area contributed by atoms with E-state index in [1.165, 1.54) is 35.6 Å². The Morgan fingerprint density at radius 2 is 2.09 bits per heavy atom. The fourth-order valence-corrected chi connectivity index (χ4v) is 4.31. The highest BCUT2D eigenvalue weighted by molar-refractivity contribution is 6.30. The Hall–Kier alpha value is -3.83. The molecular formula is C23H17ClFN5O2. The number of rotatable bonds is 5. The molecule has 1 aliphatic carbocycles. The molecule has 7 nitrogen and oxygen atoms in total. The lowest BCUT2D eigenvalue weighted by molar-refractivity contribution is -0.123. The van der Waals surface area contributed by atoms with Gasteiger partial charge in [0.05, 0.1) is 29.6 Å². The Balaban J connectivity index is 1.89. The standard InChI is InChI=1S/C23H17ClFN5O2/c24-15-9-17-16(18(25)10-15)4-5-20(17)30(21(22(27)31)19-12-28-6-7-29-19)23(32)14-3-1-2-13(8-14)11-26/h1-3,6-10,12,20-21H,4-5H2,(H2,27,31)/t20-,21-/m1/s1. The van der Waals surface area contributed by atoms with Crippen molar-refractivity contribution < 1.29 is 14.0 Å². The number of amides is 2. The second kappa shape index (κ2) is 8.73. The summed E-state index contributed by atoms with van der Waals surface area (Å²) in [5, 5.41) is 9.42. The van der Waals surface area contributed by atoms with Crippen LogP contribution < -0.4 is 5.73 Å².